The third-order valence-electron chi connectivity index (χ3n) is 4.16. The molecule has 1 amide bonds. The number of para-hydroxylation sites is 1. The van der Waals surface area contributed by atoms with E-state index in [2.05, 4.69) is 12.1 Å². The smallest absolute Gasteiger partial charge is 0.222 e. The van der Waals surface area contributed by atoms with Crippen molar-refractivity contribution in [3.8, 4) is 16.9 Å². The molecule has 0 aliphatic heterocycles. The first-order chi connectivity index (χ1) is 12.2. The van der Waals surface area contributed by atoms with E-state index in [1.165, 1.54) is 0 Å². The Bertz CT molecular complexity index is 825. The number of rotatable bonds is 6. The number of amides is 1. The average Bonchev–Trinajstić information content (AvgIpc) is 3.07. The highest BCUT2D eigenvalue weighted by Gasteiger charge is 2.16. The first kappa shape index (κ1) is 17.0. The van der Waals surface area contributed by atoms with Crippen molar-refractivity contribution >= 4 is 5.91 Å². The minimum Gasteiger partial charge on any atom is -0.341 e. The summed E-state index contributed by atoms with van der Waals surface area (Å²) < 4.78 is 1.88. The monoisotopic (exact) mass is 333 g/mol. The van der Waals surface area contributed by atoms with Gasteiger partial charge in [-0.1, -0.05) is 55.5 Å². The van der Waals surface area contributed by atoms with Crippen molar-refractivity contribution in [1.82, 2.24) is 14.7 Å². The molecule has 128 valence electrons. The Labute approximate surface area is 148 Å². The molecule has 0 unspecified atom stereocenters. The van der Waals surface area contributed by atoms with Gasteiger partial charge in [0.1, 0.15) is 0 Å². The Morgan fingerprint density at radius 3 is 2.32 bits per heavy atom. The molecule has 25 heavy (non-hydrogen) atoms. The minimum absolute atomic E-state index is 0.161. The van der Waals surface area contributed by atoms with Gasteiger partial charge in [-0.2, -0.15) is 5.10 Å². The molecule has 1 aromatic heterocycles. The summed E-state index contributed by atoms with van der Waals surface area (Å²) in [7, 11) is 1.85. The molecule has 0 radical (unpaired) electrons. The second-order valence-electron chi connectivity index (χ2n) is 6.15. The van der Waals surface area contributed by atoms with E-state index in [1.54, 1.807) is 4.90 Å². The van der Waals surface area contributed by atoms with Crippen LogP contribution in [0.2, 0.25) is 0 Å². The van der Waals surface area contributed by atoms with E-state index in [0.717, 1.165) is 28.9 Å². The van der Waals surface area contributed by atoms with Gasteiger partial charge in [-0.3, -0.25) is 4.79 Å². The number of benzene rings is 2. The molecule has 0 aliphatic carbocycles. The zero-order valence-electron chi connectivity index (χ0n) is 14.7. The summed E-state index contributed by atoms with van der Waals surface area (Å²) >= 11 is 0. The van der Waals surface area contributed by atoms with Gasteiger partial charge in [0, 0.05) is 37.3 Å². The lowest BCUT2D eigenvalue weighted by Gasteiger charge is -2.16. The van der Waals surface area contributed by atoms with Crippen LogP contribution in [-0.2, 0) is 11.3 Å². The maximum Gasteiger partial charge on any atom is 0.222 e. The summed E-state index contributed by atoms with van der Waals surface area (Å²) in [6, 6.07) is 20.1. The summed E-state index contributed by atoms with van der Waals surface area (Å²) in [5, 5.41) is 4.79. The van der Waals surface area contributed by atoms with Crippen molar-refractivity contribution in [1.29, 1.82) is 0 Å². The van der Waals surface area contributed by atoms with Crippen LogP contribution in [0, 0.1) is 0 Å². The van der Waals surface area contributed by atoms with Gasteiger partial charge in [-0.15, -0.1) is 0 Å². The lowest BCUT2D eigenvalue weighted by atomic mass is 10.1. The van der Waals surface area contributed by atoms with Crippen LogP contribution in [0.15, 0.2) is 66.9 Å². The van der Waals surface area contributed by atoms with Gasteiger partial charge in [-0.05, 0) is 18.6 Å². The molecule has 3 rings (SSSR count). The van der Waals surface area contributed by atoms with Crippen molar-refractivity contribution in [2.75, 3.05) is 7.05 Å². The van der Waals surface area contributed by atoms with Crippen LogP contribution in [0.4, 0.5) is 0 Å². The highest BCUT2D eigenvalue weighted by atomic mass is 16.2. The molecular formula is C21H23N3O. The standard InChI is InChI=1S/C21H23N3O/c1-3-10-20(25)23(2)15-18-16-24(19-13-8-5-9-14-19)22-21(18)17-11-6-4-7-12-17/h4-9,11-14,16H,3,10,15H2,1-2H3. The van der Waals surface area contributed by atoms with Crippen LogP contribution in [0.25, 0.3) is 16.9 Å². The number of aromatic nitrogens is 2. The first-order valence-electron chi connectivity index (χ1n) is 8.62. The van der Waals surface area contributed by atoms with Gasteiger partial charge in [0.2, 0.25) is 5.91 Å². The quantitative estimate of drug-likeness (QED) is 0.674. The Hall–Kier alpha value is -2.88. The fraction of sp³-hybridized carbons (Fsp3) is 0.238. The molecule has 4 heteroatoms. The summed E-state index contributed by atoms with van der Waals surface area (Å²) in [6.45, 7) is 2.57. The predicted octanol–water partition coefficient (Wildman–Crippen LogP) is 4.30. The second-order valence-corrected chi connectivity index (χ2v) is 6.15. The fourth-order valence-corrected chi connectivity index (χ4v) is 2.83. The molecule has 0 aliphatic rings. The largest absolute Gasteiger partial charge is 0.341 e. The van der Waals surface area contributed by atoms with Crippen LogP contribution in [0.5, 0.6) is 0 Å². The normalized spacial score (nSPS) is 10.6. The van der Waals surface area contributed by atoms with Crippen LogP contribution in [-0.4, -0.2) is 27.6 Å². The van der Waals surface area contributed by atoms with Crippen molar-refractivity contribution < 1.29 is 4.79 Å². The molecule has 0 saturated carbocycles. The molecule has 4 nitrogen and oxygen atoms in total. The lowest BCUT2D eigenvalue weighted by Crippen LogP contribution is -2.25. The Morgan fingerprint density at radius 1 is 1.04 bits per heavy atom. The molecule has 0 atom stereocenters. The number of hydrogen-bond donors (Lipinski definition) is 0. The van der Waals surface area contributed by atoms with Crippen molar-refractivity contribution in [3.05, 3.63) is 72.4 Å². The van der Waals surface area contributed by atoms with Crippen LogP contribution in [0.1, 0.15) is 25.3 Å². The van der Waals surface area contributed by atoms with E-state index >= 15 is 0 Å². The molecule has 0 spiro atoms. The zero-order valence-corrected chi connectivity index (χ0v) is 14.7. The van der Waals surface area contributed by atoms with Gasteiger partial charge in [0.15, 0.2) is 0 Å². The number of carbonyl (C=O) groups excluding carboxylic acids is 1. The highest BCUT2D eigenvalue weighted by molar-refractivity contribution is 5.76. The van der Waals surface area contributed by atoms with E-state index in [1.807, 2.05) is 73.4 Å². The summed E-state index contributed by atoms with van der Waals surface area (Å²) in [5.74, 6) is 0.161. The fourth-order valence-electron chi connectivity index (χ4n) is 2.83. The molecule has 2 aromatic carbocycles. The Balaban J connectivity index is 1.97. The predicted molar refractivity (Wildman–Crippen MR) is 100 cm³/mol. The van der Waals surface area contributed by atoms with Crippen molar-refractivity contribution in [3.63, 3.8) is 0 Å². The molecule has 1 heterocycles. The number of hydrogen-bond acceptors (Lipinski definition) is 2. The van der Waals surface area contributed by atoms with E-state index in [9.17, 15) is 4.79 Å². The average molecular weight is 333 g/mol. The number of carbonyl (C=O) groups is 1. The Morgan fingerprint density at radius 2 is 1.68 bits per heavy atom. The second kappa shape index (κ2) is 7.79. The molecule has 0 bridgehead atoms. The number of nitrogens with zero attached hydrogens (tertiary/aromatic N) is 3. The summed E-state index contributed by atoms with van der Waals surface area (Å²) in [4.78, 5) is 14.0. The molecule has 0 saturated heterocycles. The third-order valence-corrected chi connectivity index (χ3v) is 4.16. The molecule has 0 fully saturated rings. The third kappa shape index (κ3) is 3.97. The van der Waals surface area contributed by atoms with E-state index in [4.69, 9.17) is 5.10 Å². The van der Waals surface area contributed by atoms with Crippen molar-refractivity contribution in [2.45, 2.75) is 26.3 Å². The van der Waals surface area contributed by atoms with Crippen LogP contribution in [0.3, 0.4) is 0 Å². The van der Waals surface area contributed by atoms with E-state index < -0.39 is 0 Å². The SMILES string of the molecule is CCCC(=O)N(C)Cc1cn(-c2ccccc2)nc1-c1ccccc1. The van der Waals surface area contributed by atoms with Gasteiger partial charge in [0.25, 0.3) is 0 Å². The van der Waals surface area contributed by atoms with Crippen LogP contribution < -0.4 is 0 Å². The maximum atomic E-state index is 12.2. The molecule has 0 N–H and O–H groups in total. The lowest BCUT2D eigenvalue weighted by molar-refractivity contribution is -0.130. The zero-order chi connectivity index (χ0) is 17.6. The highest BCUT2D eigenvalue weighted by Crippen LogP contribution is 2.24. The van der Waals surface area contributed by atoms with Gasteiger partial charge < -0.3 is 4.90 Å². The Kier molecular flexibility index (Phi) is 5.29. The van der Waals surface area contributed by atoms with Gasteiger partial charge >= 0.3 is 0 Å². The first-order valence-corrected chi connectivity index (χ1v) is 8.62. The molecule has 3 aromatic rings. The van der Waals surface area contributed by atoms with Gasteiger partial charge in [0.05, 0.1) is 11.4 Å². The van der Waals surface area contributed by atoms with E-state index in [0.29, 0.717) is 13.0 Å². The van der Waals surface area contributed by atoms with Crippen molar-refractivity contribution in [2.24, 2.45) is 0 Å². The van der Waals surface area contributed by atoms with Crippen LogP contribution >= 0.6 is 0 Å². The summed E-state index contributed by atoms with van der Waals surface area (Å²) in [5.41, 5.74) is 4.03. The van der Waals surface area contributed by atoms with Gasteiger partial charge in [-0.25, -0.2) is 4.68 Å². The maximum absolute atomic E-state index is 12.2. The van der Waals surface area contributed by atoms with E-state index in [-0.39, 0.29) is 5.91 Å². The minimum atomic E-state index is 0.161. The molecular weight excluding hydrogens is 310 g/mol. The topological polar surface area (TPSA) is 38.1 Å². The summed E-state index contributed by atoms with van der Waals surface area (Å²) in [6.07, 6.45) is 3.45.